The molecule has 0 saturated heterocycles. The van der Waals surface area contributed by atoms with Gasteiger partial charge in [-0.25, -0.2) is 0 Å². The highest BCUT2D eigenvalue weighted by Crippen LogP contribution is 2.43. The lowest BCUT2D eigenvalue weighted by Gasteiger charge is -2.19. The number of rotatable bonds is 2. The second-order valence-electron chi connectivity index (χ2n) is 2.90. The first-order valence-electron chi connectivity index (χ1n) is 3.96. The molecule has 1 rings (SSSR count). The lowest BCUT2D eigenvalue weighted by Crippen LogP contribution is -2.33. The van der Waals surface area contributed by atoms with Gasteiger partial charge in [0.2, 0.25) is 0 Å². The monoisotopic (exact) mass is 222 g/mol. The fourth-order valence-corrected chi connectivity index (χ4v) is 0.992. The molecule has 0 bridgehead atoms. The summed E-state index contributed by atoms with van der Waals surface area (Å²) in [6.07, 6.45) is -4.21. The van der Waals surface area contributed by atoms with Gasteiger partial charge < -0.3 is 0 Å². The average Bonchev–Trinajstić information content (AvgIpc) is 2.16. The van der Waals surface area contributed by atoms with Gasteiger partial charge in [-0.05, 0) is 5.56 Å². The van der Waals surface area contributed by atoms with Crippen LogP contribution in [0.25, 0.3) is 6.08 Å². The topological polar surface area (TPSA) is 0 Å². The first kappa shape index (κ1) is 11.7. The Balaban J connectivity index is 3.11. The Bertz CT molecular complexity index is 347. The first-order valence-corrected chi connectivity index (χ1v) is 3.96. The van der Waals surface area contributed by atoms with Gasteiger partial charge in [-0.1, -0.05) is 36.9 Å². The summed E-state index contributed by atoms with van der Waals surface area (Å²) in [4.78, 5) is 0. The van der Waals surface area contributed by atoms with E-state index in [2.05, 4.69) is 6.58 Å². The van der Waals surface area contributed by atoms with E-state index in [4.69, 9.17) is 0 Å². The second-order valence-corrected chi connectivity index (χ2v) is 2.90. The summed E-state index contributed by atoms with van der Waals surface area (Å²) < 4.78 is 61.3. The normalized spacial score (nSPS) is 12.6. The Morgan fingerprint density at radius 2 is 1.40 bits per heavy atom. The average molecular weight is 222 g/mol. The van der Waals surface area contributed by atoms with Crippen LogP contribution in [0.1, 0.15) is 11.1 Å². The van der Waals surface area contributed by atoms with Crippen LogP contribution >= 0.6 is 0 Å². The molecule has 0 radical (unpaired) electrons. The van der Waals surface area contributed by atoms with Crippen molar-refractivity contribution >= 4 is 6.08 Å². The van der Waals surface area contributed by atoms with E-state index in [1.807, 2.05) is 0 Å². The van der Waals surface area contributed by atoms with Crippen molar-refractivity contribution in [2.45, 2.75) is 12.1 Å². The third-order valence-corrected chi connectivity index (χ3v) is 1.86. The fraction of sp³-hybridized carbons (Fsp3) is 0.200. The van der Waals surface area contributed by atoms with E-state index in [1.165, 1.54) is 6.08 Å². The predicted molar refractivity (Wildman–Crippen MR) is 46.5 cm³/mol. The smallest absolute Gasteiger partial charge is 0.191 e. The molecule has 0 spiro atoms. The summed E-state index contributed by atoms with van der Waals surface area (Å²) in [7, 11) is 0. The molecule has 0 aromatic heterocycles. The van der Waals surface area contributed by atoms with Crippen molar-refractivity contribution in [2.75, 3.05) is 0 Å². The van der Waals surface area contributed by atoms with E-state index in [0.29, 0.717) is 5.56 Å². The zero-order chi connectivity index (χ0) is 11.7. The van der Waals surface area contributed by atoms with Crippen molar-refractivity contribution in [3.05, 3.63) is 42.0 Å². The van der Waals surface area contributed by atoms with Crippen LogP contribution in [0.3, 0.4) is 0 Å². The largest absolute Gasteiger partial charge is 0.458 e. The minimum absolute atomic E-state index is 0.483. The number of hydrogen-bond donors (Lipinski definition) is 0. The van der Waals surface area contributed by atoms with Crippen LogP contribution < -0.4 is 0 Å². The van der Waals surface area contributed by atoms with Gasteiger partial charge in [0.1, 0.15) is 0 Å². The van der Waals surface area contributed by atoms with E-state index >= 15 is 0 Å². The molecule has 0 heterocycles. The SMILES string of the molecule is C=Cc1ccc(C(F)(F)C(F)(F)F)cc1. The van der Waals surface area contributed by atoms with Crippen molar-refractivity contribution in [1.29, 1.82) is 0 Å². The molecule has 0 aliphatic carbocycles. The molecule has 0 aliphatic rings. The van der Waals surface area contributed by atoms with Gasteiger partial charge in [0, 0.05) is 5.56 Å². The van der Waals surface area contributed by atoms with Crippen LogP contribution in [0.2, 0.25) is 0 Å². The van der Waals surface area contributed by atoms with Crippen LogP contribution in [-0.2, 0) is 5.92 Å². The Morgan fingerprint density at radius 1 is 0.933 bits per heavy atom. The highest BCUT2D eigenvalue weighted by molar-refractivity contribution is 5.47. The maximum Gasteiger partial charge on any atom is 0.458 e. The summed E-state index contributed by atoms with van der Waals surface area (Å²) in [6.45, 7) is 3.36. The molecule has 1 aromatic rings. The molecule has 0 amide bonds. The zero-order valence-corrected chi connectivity index (χ0v) is 7.48. The maximum atomic E-state index is 12.7. The molecular formula is C10H7F5. The quantitative estimate of drug-likeness (QED) is 0.664. The van der Waals surface area contributed by atoms with E-state index in [-0.39, 0.29) is 0 Å². The van der Waals surface area contributed by atoms with Crippen LogP contribution in [-0.4, -0.2) is 6.18 Å². The molecule has 0 N–H and O–H groups in total. The molecular weight excluding hydrogens is 215 g/mol. The van der Waals surface area contributed by atoms with Gasteiger partial charge in [-0.15, -0.1) is 0 Å². The van der Waals surface area contributed by atoms with Crippen molar-refractivity contribution in [2.24, 2.45) is 0 Å². The first-order chi connectivity index (χ1) is 6.79. The van der Waals surface area contributed by atoms with Crippen LogP contribution in [0.4, 0.5) is 22.0 Å². The minimum atomic E-state index is -5.57. The van der Waals surface area contributed by atoms with Crippen LogP contribution in [0.5, 0.6) is 0 Å². The molecule has 0 atom stereocenters. The van der Waals surface area contributed by atoms with Crippen molar-refractivity contribution in [1.82, 2.24) is 0 Å². The third kappa shape index (κ3) is 2.16. The molecule has 0 fully saturated rings. The maximum absolute atomic E-state index is 12.7. The summed E-state index contributed by atoms with van der Waals surface area (Å²) in [5, 5.41) is 0. The van der Waals surface area contributed by atoms with Gasteiger partial charge in [0.25, 0.3) is 0 Å². The van der Waals surface area contributed by atoms with Gasteiger partial charge in [0.05, 0.1) is 0 Å². The molecule has 5 heteroatoms. The van der Waals surface area contributed by atoms with E-state index in [0.717, 1.165) is 24.3 Å². The Labute approximate surface area is 83.0 Å². The number of benzene rings is 1. The molecule has 0 unspecified atom stereocenters. The molecule has 15 heavy (non-hydrogen) atoms. The Hall–Kier alpha value is -1.39. The highest BCUT2D eigenvalue weighted by atomic mass is 19.4. The summed E-state index contributed by atoms with van der Waals surface area (Å²) in [5.74, 6) is -4.81. The fourth-order valence-electron chi connectivity index (χ4n) is 0.992. The lowest BCUT2D eigenvalue weighted by molar-refractivity contribution is -0.289. The molecule has 0 nitrogen and oxygen atoms in total. The van der Waals surface area contributed by atoms with Crippen molar-refractivity contribution in [3.63, 3.8) is 0 Å². The zero-order valence-electron chi connectivity index (χ0n) is 7.48. The predicted octanol–water partition coefficient (Wildman–Crippen LogP) is 3.98. The number of alkyl halides is 5. The number of halogens is 5. The van der Waals surface area contributed by atoms with Gasteiger partial charge in [-0.3, -0.25) is 0 Å². The lowest BCUT2D eigenvalue weighted by atomic mass is 10.1. The Morgan fingerprint density at radius 3 is 1.73 bits per heavy atom. The summed E-state index contributed by atoms with van der Waals surface area (Å²) in [6, 6.07) is 3.79. The molecule has 82 valence electrons. The van der Waals surface area contributed by atoms with Gasteiger partial charge in [-0.2, -0.15) is 22.0 Å². The van der Waals surface area contributed by atoms with E-state index < -0.39 is 17.7 Å². The second kappa shape index (κ2) is 3.64. The molecule has 0 aliphatic heterocycles. The highest BCUT2D eigenvalue weighted by Gasteiger charge is 2.58. The minimum Gasteiger partial charge on any atom is -0.191 e. The molecule has 1 aromatic carbocycles. The van der Waals surface area contributed by atoms with E-state index in [9.17, 15) is 22.0 Å². The number of hydrogen-bond acceptors (Lipinski definition) is 0. The summed E-state index contributed by atoms with van der Waals surface area (Å²) in [5.41, 5.74) is -0.586. The Kier molecular flexibility index (Phi) is 2.83. The molecule has 0 saturated carbocycles. The van der Waals surface area contributed by atoms with Gasteiger partial charge >= 0.3 is 12.1 Å². The standard InChI is InChI=1S/C10H7F5/c1-2-7-3-5-8(6-4-7)9(11,12)10(13,14)15/h2-6H,1H2. The third-order valence-electron chi connectivity index (χ3n) is 1.86. The van der Waals surface area contributed by atoms with Crippen LogP contribution in [0.15, 0.2) is 30.8 Å². The van der Waals surface area contributed by atoms with Crippen molar-refractivity contribution < 1.29 is 22.0 Å². The van der Waals surface area contributed by atoms with Crippen molar-refractivity contribution in [3.8, 4) is 0 Å². The van der Waals surface area contributed by atoms with Crippen LogP contribution in [0, 0.1) is 0 Å². The van der Waals surface area contributed by atoms with E-state index in [1.54, 1.807) is 0 Å². The van der Waals surface area contributed by atoms with Gasteiger partial charge in [0.15, 0.2) is 0 Å². The summed E-state index contributed by atoms with van der Waals surface area (Å²) >= 11 is 0.